The lowest BCUT2D eigenvalue weighted by Gasteiger charge is -2.18. The van der Waals surface area contributed by atoms with Gasteiger partial charge in [0.15, 0.2) is 6.10 Å². The number of esters is 3. The van der Waals surface area contributed by atoms with E-state index in [-0.39, 0.29) is 31.1 Å². The molecule has 0 N–H and O–H groups in total. The summed E-state index contributed by atoms with van der Waals surface area (Å²) in [5.41, 5.74) is 0. The molecule has 0 saturated carbocycles. The first-order chi connectivity index (χ1) is 41.0. The van der Waals surface area contributed by atoms with Crippen molar-refractivity contribution in [3.05, 3.63) is 109 Å². The van der Waals surface area contributed by atoms with Crippen LogP contribution in [0.2, 0.25) is 0 Å². The van der Waals surface area contributed by atoms with E-state index in [0.717, 1.165) is 122 Å². The second-order valence-corrected chi connectivity index (χ2v) is 23.4. The normalized spacial score (nSPS) is 12.8. The maximum absolute atomic E-state index is 13.0. The van der Waals surface area contributed by atoms with E-state index in [1.165, 1.54) is 180 Å². The number of hydrogen-bond acceptors (Lipinski definition) is 6. The molecular weight excluding hydrogens is 1020 g/mol. The fourth-order valence-corrected chi connectivity index (χ4v) is 9.94. The summed E-state index contributed by atoms with van der Waals surface area (Å²) in [6, 6.07) is 0. The van der Waals surface area contributed by atoms with Crippen LogP contribution >= 0.6 is 0 Å². The smallest absolute Gasteiger partial charge is 0.306 e. The number of hydrogen-bond donors (Lipinski definition) is 0. The minimum atomic E-state index is -0.803. The monoisotopic (exact) mass is 1150 g/mol. The summed E-state index contributed by atoms with van der Waals surface area (Å²) in [5, 5.41) is 0. The second-order valence-electron chi connectivity index (χ2n) is 23.4. The lowest BCUT2D eigenvalue weighted by atomic mass is 10.0. The average Bonchev–Trinajstić information content (AvgIpc) is 3.49. The van der Waals surface area contributed by atoms with Crippen LogP contribution < -0.4 is 0 Å². The van der Waals surface area contributed by atoms with Crippen molar-refractivity contribution < 1.29 is 28.6 Å². The van der Waals surface area contributed by atoms with Gasteiger partial charge < -0.3 is 14.2 Å². The van der Waals surface area contributed by atoms with Crippen LogP contribution in [-0.4, -0.2) is 37.2 Å². The van der Waals surface area contributed by atoms with Gasteiger partial charge in [-0.1, -0.05) is 304 Å². The topological polar surface area (TPSA) is 78.9 Å². The van der Waals surface area contributed by atoms with E-state index in [1.807, 2.05) is 0 Å². The van der Waals surface area contributed by atoms with Crippen molar-refractivity contribution in [3.8, 4) is 0 Å². The van der Waals surface area contributed by atoms with Gasteiger partial charge in [0.2, 0.25) is 0 Å². The van der Waals surface area contributed by atoms with Gasteiger partial charge in [-0.05, 0) is 128 Å². The van der Waals surface area contributed by atoms with Crippen molar-refractivity contribution in [1.82, 2.24) is 0 Å². The fraction of sp³-hybridized carbons (Fsp3) is 0.727. The molecule has 83 heavy (non-hydrogen) atoms. The third-order valence-electron chi connectivity index (χ3n) is 15.2. The summed E-state index contributed by atoms with van der Waals surface area (Å²) < 4.78 is 17.0. The summed E-state index contributed by atoms with van der Waals surface area (Å²) in [5.74, 6) is -0.928. The maximum atomic E-state index is 13.0. The molecule has 0 heterocycles. The van der Waals surface area contributed by atoms with Crippen molar-refractivity contribution in [1.29, 1.82) is 0 Å². The van der Waals surface area contributed by atoms with Crippen LogP contribution in [0.15, 0.2) is 109 Å². The SMILES string of the molecule is CC/C=C\C/C=C\C/C=C\C/C=C\C/C=C\CCCCCC(=O)OCC(COC(=O)CCCCCCCCCCCCCCC/C=C\CCCCCCCCCC)OC(=O)CCCCCCCC/C=C\C/C=C\C/C=C\CCCCCCC. The zero-order valence-electron chi connectivity index (χ0n) is 54.7. The Morgan fingerprint density at radius 1 is 0.253 bits per heavy atom. The Morgan fingerprint density at radius 3 is 0.759 bits per heavy atom. The van der Waals surface area contributed by atoms with Gasteiger partial charge in [0.25, 0.3) is 0 Å². The first-order valence-corrected chi connectivity index (χ1v) is 35.4. The number of carbonyl (C=O) groups excluding carboxylic acids is 3. The molecule has 1 atom stereocenters. The van der Waals surface area contributed by atoms with Crippen LogP contribution in [0.3, 0.4) is 0 Å². The van der Waals surface area contributed by atoms with Crippen LogP contribution in [0.25, 0.3) is 0 Å². The van der Waals surface area contributed by atoms with Gasteiger partial charge in [-0.2, -0.15) is 0 Å². The molecule has 0 fully saturated rings. The van der Waals surface area contributed by atoms with Crippen LogP contribution in [-0.2, 0) is 28.6 Å². The highest BCUT2D eigenvalue weighted by atomic mass is 16.6. The zero-order chi connectivity index (χ0) is 59.9. The number of allylic oxidation sites excluding steroid dienone is 18. The molecule has 0 aromatic heterocycles. The molecule has 0 rings (SSSR count). The molecule has 476 valence electrons. The van der Waals surface area contributed by atoms with Crippen LogP contribution in [0.4, 0.5) is 0 Å². The van der Waals surface area contributed by atoms with Gasteiger partial charge in [-0.15, -0.1) is 0 Å². The van der Waals surface area contributed by atoms with Crippen molar-refractivity contribution >= 4 is 17.9 Å². The molecular formula is C77H132O6. The predicted octanol–water partition coefficient (Wildman–Crippen LogP) is 24.6. The number of carbonyl (C=O) groups is 3. The Bertz CT molecular complexity index is 1660. The summed E-state index contributed by atoms with van der Waals surface area (Å²) in [7, 11) is 0. The van der Waals surface area contributed by atoms with E-state index in [2.05, 4.69) is 130 Å². The Morgan fingerprint density at radius 2 is 0.470 bits per heavy atom. The Balaban J connectivity index is 4.42. The molecule has 0 radical (unpaired) electrons. The highest BCUT2D eigenvalue weighted by molar-refractivity contribution is 5.71. The first-order valence-electron chi connectivity index (χ1n) is 35.4. The van der Waals surface area contributed by atoms with Crippen molar-refractivity contribution in [2.24, 2.45) is 0 Å². The number of unbranched alkanes of at least 4 members (excludes halogenated alkanes) is 35. The van der Waals surface area contributed by atoms with E-state index in [4.69, 9.17) is 14.2 Å². The molecule has 0 amide bonds. The lowest BCUT2D eigenvalue weighted by Crippen LogP contribution is -2.30. The molecule has 0 bridgehead atoms. The number of ether oxygens (including phenoxy) is 3. The molecule has 0 aromatic carbocycles. The molecule has 0 aliphatic heterocycles. The Hall–Kier alpha value is -3.93. The minimum Gasteiger partial charge on any atom is -0.462 e. The highest BCUT2D eigenvalue weighted by Crippen LogP contribution is 2.17. The van der Waals surface area contributed by atoms with E-state index >= 15 is 0 Å². The summed E-state index contributed by atoms with van der Waals surface area (Å²) in [6.45, 7) is 6.51. The summed E-state index contributed by atoms with van der Waals surface area (Å²) in [6.07, 6.45) is 96.8. The quantitative estimate of drug-likeness (QED) is 0.0261. The van der Waals surface area contributed by atoms with Gasteiger partial charge in [0.1, 0.15) is 13.2 Å². The van der Waals surface area contributed by atoms with Crippen molar-refractivity contribution in [3.63, 3.8) is 0 Å². The number of rotatable bonds is 64. The van der Waals surface area contributed by atoms with E-state index in [0.29, 0.717) is 19.3 Å². The molecule has 0 aromatic rings. The van der Waals surface area contributed by atoms with E-state index in [1.54, 1.807) is 0 Å². The maximum Gasteiger partial charge on any atom is 0.306 e. The fourth-order valence-electron chi connectivity index (χ4n) is 9.94. The zero-order valence-corrected chi connectivity index (χ0v) is 54.7. The van der Waals surface area contributed by atoms with Crippen molar-refractivity contribution in [2.45, 2.75) is 348 Å². The van der Waals surface area contributed by atoms with Crippen LogP contribution in [0.5, 0.6) is 0 Å². The minimum absolute atomic E-state index is 0.0940. The third kappa shape index (κ3) is 68.7. The molecule has 6 heteroatoms. The van der Waals surface area contributed by atoms with Crippen LogP contribution in [0.1, 0.15) is 342 Å². The Labute approximate surface area is 514 Å². The highest BCUT2D eigenvalue weighted by Gasteiger charge is 2.19. The molecule has 0 aliphatic carbocycles. The second kappa shape index (κ2) is 70.6. The molecule has 6 nitrogen and oxygen atoms in total. The third-order valence-corrected chi connectivity index (χ3v) is 15.2. The Kier molecular flexibility index (Phi) is 67.2. The molecule has 0 saturated heterocycles. The molecule has 1 unspecified atom stereocenters. The van der Waals surface area contributed by atoms with Gasteiger partial charge >= 0.3 is 17.9 Å². The largest absolute Gasteiger partial charge is 0.462 e. The predicted molar refractivity (Wildman–Crippen MR) is 362 cm³/mol. The van der Waals surface area contributed by atoms with E-state index < -0.39 is 6.10 Å². The van der Waals surface area contributed by atoms with Gasteiger partial charge in [-0.25, -0.2) is 0 Å². The van der Waals surface area contributed by atoms with Gasteiger partial charge in [0.05, 0.1) is 0 Å². The first kappa shape index (κ1) is 79.1. The summed E-state index contributed by atoms with van der Waals surface area (Å²) >= 11 is 0. The van der Waals surface area contributed by atoms with Gasteiger partial charge in [-0.3, -0.25) is 14.4 Å². The van der Waals surface area contributed by atoms with Crippen molar-refractivity contribution in [2.75, 3.05) is 13.2 Å². The van der Waals surface area contributed by atoms with Gasteiger partial charge in [0, 0.05) is 19.3 Å². The standard InChI is InChI=1S/C77H132O6/c1-4-7-10-13-16-19-22-25-28-31-34-36-37-38-39-41-43-46-49-52-55-58-61-64-67-70-76(79)82-73-74(72-81-75(78)69-66-63-60-57-54-51-48-45-42-33-30-27-24-21-18-15-12-9-6-3)83-77(80)71-68-65-62-59-56-53-50-47-44-40-35-32-29-26-23-20-17-14-11-8-5-2/h9,12,18,21,23,26-27,30-32,34-35,42,44-45,47,51,54,74H,4-8,10-11,13-17,19-20,22,24-25,28-29,33,36-41,43,46,48-50,52-53,55-73H2,1-3H3/b12-9-,21-18-,26-23-,30-27-,34-31-,35-32-,45-42-,47-44-,54-51-. The molecule has 0 aliphatic rings. The summed E-state index contributed by atoms with van der Waals surface area (Å²) in [4.78, 5) is 38.5. The van der Waals surface area contributed by atoms with E-state index in [9.17, 15) is 14.4 Å². The lowest BCUT2D eigenvalue weighted by molar-refractivity contribution is -0.167. The van der Waals surface area contributed by atoms with Crippen LogP contribution in [0, 0.1) is 0 Å². The molecule has 0 spiro atoms. The average molecular weight is 1150 g/mol.